The van der Waals surface area contributed by atoms with Gasteiger partial charge in [-0.25, -0.2) is 9.18 Å². The van der Waals surface area contributed by atoms with Gasteiger partial charge in [0.2, 0.25) is 0 Å². The Kier molecular flexibility index (Phi) is 5.02. The molecule has 3 nitrogen and oxygen atoms in total. The summed E-state index contributed by atoms with van der Waals surface area (Å²) in [5.74, 6) is -1.04. The fourth-order valence-electron chi connectivity index (χ4n) is 2.23. The maximum atomic E-state index is 14.0. The van der Waals surface area contributed by atoms with E-state index in [-0.39, 0.29) is 11.6 Å². The molecule has 24 heavy (non-hydrogen) atoms. The quantitative estimate of drug-likeness (QED) is 0.587. The van der Waals surface area contributed by atoms with Crippen LogP contribution in [-0.2, 0) is 4.74 Å². The van der Waals surface area contributed by atoms with Crippen LogP contribution in [0.4, 0.5) is 4.39 Å². The Labute approximate surface area is 147 Å². The van der Waals surface area contributed by atoms with E-state index in [2.05, 4.69) is 4.98 Å². The van der Waals surface area contributed by atoms with E-state index in [0.29, 0.717) is 21.4 Å². The lowest BCUT2D eigenvalue weighted by Gasteiger charge is -2.12. The molecule has 1 heterocycles. The Morgan fingerprint density at radius 2 is 2.04 bits per heavy atom. The molecule has 2 aromatic carbocycles. The number of hydrogen-bond acceptors (Lipinski definition) is 4. The van der Waals surface area contributed by atoms with Gasteiger partial charge in [-0.1, -0.05) is 41.6 Å². The lowest BCUT2D eigenvalue weighted by molar-refractivity contribution is 0.0522. The third-order valence-electron chi connectivity index (χ3n) is 3.32. The highest BCUT2D eigenvalue weighted by molar-refractivity contribution is 7.99. The zero-order valence-corrected chi connectivity index (χ0v) is 14.3. The lowest BCUT2D eigenvalue weighted by Crippen LogP contribution is -2.07. The van der Waals surface area contributed by atoms with Crippen molar-refractivity contribution in [2.75, 3.05) is 6.61 Å². The second kappa shape index (κ2) is 7.20. The number of ether oxygens (including phenoxy) is 1. The second-order valence-corrected chi connectivity index (χ2v) is 6.41. The van der Waals surface area contributed by atoms with Gasteiger partial charge in [0.05, 0.1) is 22.7 Å². The van der Waals surface area contributed by atoms with E-state index in [4.69, 9.17) is 16.3 Å². The van der Waals surface area contributed by atoms with Gasteiger partial charge in [0.25, 0.3) is 0 Å². The average molecular weight is 362 g/mol. The van der Waals surface area contributed by atoms with E-state index in [1.54, 1.807) is 6.92 Å². The number of hydrogen-bond donors (Lipinski definition) is 0. The van der Waals surface area contributed by atoms with Crippen LogP contribution in [0.25, 0.3) is 10.9 Å². The van der Waals surface area contributed by atoms with E-state index in [1.165, 1.54) is 30.1 Å². The molecule has 3 rings (SSSR count). The zero-order valence-electron chi connectivity index (χ0n) is 12.8. The van der Waals surface area contributed by atoms with E-state index in [1.807, 2.05) is 30.3 Å². The zero-order chi connectivity index (χ0) is 17.1. The van der Waals surface area contributed by atoms with Crippen molar-refractivity contribution in [2.45, 2.75) is 16.7 Å². The third kappa shape index (κ3) is 3.37. The summed E-state index contributed by atoms with van der Waals surface area (Å²) in [5.41, 5.74) is 0.827. The lowest BCUT2D eigenvalue weighted by atomic mass is 10.1. The Balaban J connectivity index is 2.21. The van der Waals surface area contributed by atoms with Gasteiger partial charge in [-0.05, 0) is 31.2 Å². The summed E-state index contributed by atoms with van der Waals surface area (Å²) >= 11 is 7.20. The van der Waals surface area contributed by atoms with Crippen molar-refractivity contribution in [3.05, 3.63) is 65.1 Å². The van der Waals surface area contributed by atoms with Gasteiger partial charge in [-0.15, -0.1) is 0 Å². The highest BCUT2D eigenvalue weighted by atomic mass is 35.5. The fraction of sp³-hybridized carbons (Fsp3) is 0.111. The Hall–Kier alpha value is -2.11. The molecule has 0 radical (unpaired) electrons. The van der Waals surface area contributed by atoms with Gasteiger partial charge in [0.15, 0.2) is 0 Å². The molecule has 0 aliphatic carbocycles. The number of aromatic nitrogens is 1. The van der Waals surface area contributed by atoms with E-state index >= 15 is 0 Å². The first-order valence-electron chi connectivity index (χ1n) is 7.28. The molecule has 0 N–H and O–H groups in total. The number of nitrogens with zero attached hydrogens (tertiary/aromatic N) is 1. The third-order valence-corrected chi connectivity index (χ3v) is 4.76. The molecule has 0 amide bonds. The van der Waals surface area contributed by atoms with Crippen molar-refractivity contribution in [3.8, 4) is 0 Å². The summed E-state index contributed by atoms with van der Waals surface area (Å²) in [6, 6.07) is 12.3. The average Bonchev–Trinajstić information content (AvgIpc) is 2.58. The predicted octanol–water partition coefficient (Wildman–Crippen LogP) is 5.36. The summed E-state index contributed by atoms with van der Waals surface area (Å²) in [6.07, 6.45) is 1.44. The van der Waals surface area contributed by atoms with Gasteiger partial charge in [0.1, 0.15) is 5.82 Å². The molecule has 122 valence electrons. The Bertz CT molecular complexity index is 902. The molecule has 0 saturated heterocycles. The maximum absolute atomic E-state index is 14.0. The number of carbonyl (C=O) groups is 1. The first-order valence-corrected chi connectivity index (χ1v) is 8.47. The summed E-state index contributed by atoms with van der Waals surface area (Å²) in [5, 5.41) is 0.519. The number of halogens is 2. The summed E-state index contributed by atoms with van der Waals surface area (Å²) in [7, 11) is 0. The molecule has 3 aromatic rings. The van der Waals surface area contributed by atoms with E-state index < -0.39 is 11.8 Å². The van der Waals surface area contributed by atoms with Gasteiger partial charge in [-0.2, -0.15) is 0 Å². The van der Waals surface area contributed by atoms with Crippen LogP contribution in [0.2, 0.25) is 5.02 Å². The Morgan fingerprint density at radius 1 is 1.29 bits per heavy atom. The summed E-state index contributed by atoms with van der Waals surface area (Å²) in [6.45, 7) is 1.98. The van der Waals surface area contributed by atoms with E-state index in [0.717, 1.165) is 4.90 Å². The number of rotatable bonds is 4. The minimum Gasteiger partial charge on any atom is -0.462 e. The highest BCUT2D eigenvalue weighted by Gasteiger charge is 2.19. The first kappa shape index (κ1) is 16.7. The predicted molar refractivity (Wildman–Crippen MR) is 93.2 cm³/mol. The molecular formula is C18H13ClFNO2S. The molecular weight excluding hydrogens is 349 g/mol. The maximum Gasteiger partial charge on any atom is 0.340 e. The van der Waals surface area contributed by atoms with Crippen molar-refractivity contribution >= 4 is 40.2 Å². The number of carbonyl (C=O) groups excluding carboxylic acids is 1. The standard InChI is InChI=1S/C18H13ClFNO2S/c1-2-23-18(22)13-10-21-16-9-14(19)15(20)8-12(16)17(13)24-11-6-4-3-5-7-11/h3-10H,2H2,1H3. The molecule has 0 unspecified atom stereocenters. The van der Waals surface area contributed by atoms with Gasteiger partial charge in [-0.3, -0.25) is 4.98 Å². The van der Waals surface area contributed by atoms with Crippen molar-refractivity contribution in [1.82, 2.24) is 4.98 Å². The molecule has 6 heteroatoms. The van der Waals surface area contributed by atoms with Crippen molar-refractivity contribution in [1.29, 1.82) is 0 Å². The smallest absolute Gasteiger partial charge is 0.340 e. The largest absolute Gasteiger partial charge is 0.462 e. The van der Waals surface area contributed by atoms with E-state index in [9.17, 15) is 9.18 Å². The molecule has 0 saturated carbocycles. The summed E-state index contributed by atoms with van der Waals surface area (Å²) < 4.78 is 19.1. The number of esters is 1. The SMILES string of the molecule is CCOC(=O)c1cnc2cc(Cl)c(F)cc2c1Sc1ccccc1. The van der Waals surface area contributed by atoms with Gasteiger partial charge >= 0.3 is 5.97 Å². The van der Waals surface area contributed by atoms with Crippen LogP contribution in [0.5, 0.6) is 0 Å². The van der Waals surface area contributed by atoms with Crippen LogP contribution in [0, 0.1) is 5.82 Å². The van der Waals surface area contributed by atoms with Crippen LogP contribution in [0.3, 0.4) is 0 Å². The topological polar surface area (TPSA) is 39.2 Å². The van der Waals surface area contributed by atoms with Gasteiger partial charge < -0.3 is 4.74 Å². The van der Waals surface area contributed by atoms with Crippen molar-refractivity contribution < 1.29 is 13.9 Å². The van der Waals surface area contributed by atoms with Crippen LogP contribution in [0.1, 0.15) is 17.3 Å². The minimum atomic E-state index is -0.554. The normalized spacial score (nSPS) is 10.8. The minimum absolute atomic E-state index is 0.00505. The fourth-order valence-corrected chi connectivity index (χ4v) is 3.44. The van der Waals surface area contributed by atoms with Crippen molar-refractivity contribution in [2.24, 2.45) is 0 Å². The molecule has 0 spiro atoms. The molecule has 0 atom stereocenters. The second-order valence-electron chi connectivity index (χ2n) is 4.92. The van der Waals surface area contributed by atoms with Crippen LogP contribution < -0.4 is 0 Å². The Morgan fingerprint density at radius 3 is 2.75 bits per heavy atom. The van der Waals surface area contributed by atoms with Crippen molar-refractivity contribution in [3.63, 3.8) is 0 Å². The highest BCUT2D eigenvalue weighted by Crippen LogP contribution is 2.37. The van der Waals surface area contributed by atoms with Crippen LogP contribution >= 0.6 is 23.4 Å². The molecule has 1 aromatic heterocycles. The number of pyridine rings is 1. The van der Waals surface area contributed by atoms with Crippen LogP contribution in [-0.4, -0.2) is 17.6 Å². The molecule has 0 fully saturated rings. The van der Waals surface area contributed by atoms with Crippen LogP contribution in [0.15, 0.2) is 58.5 Å². The molecule has 0 aliphatic heterocycles. The first-order chi connectivity index (χ1) is 11.6. The monoisotopic (exact) mass is 361 g/mol. The van der Waals surface area contributed by atoms with Gasteiger partial charge in [0, 0.05) is 21.4 Å². The number of fused-ring (bicyclic) bond motifs is 1. The number of benzene rings is 2. The summed E-state index contributed by atoms with van der Waals surface area (Å²) in [4.78, 5) is 18.0. The molecule has 0 bridgehead atoms. The molecule has 0 aliphatic rings.